The zero-order chi connectivity index (χ0) is 19.3. The predicted octanol–water partition coefficient (Wildman–Crippen LogP) is 2.63. The molecule has 0 saturated carbocycles. The van der Waals surface area contributed by atoms with Crippen LogP contribution in [0.5, 0.6) is 0 Å². The normalized spacial score (nSPS) is 17.6. The topological polar surface area (TPSA) is 77.0 Å². The van der Waals surface area contributed by atoms with E-state index in [2.05, 4.69) is 10.5 Å². The summed E-state index contributed by atoms with van der Waals surface area (Å²) in [5.41, 5.74) is 3.63. The first kappa shape index (κ1) is 18.6. The van der Waals surface area contributed by atoms with E-state index in [1.807, 2.05) is 60.7 Å². The molecule has 1 unspecified atom stereocenters. The third-order valence-electron chi connectivity index (χ3n) is 4.52. The number of hydrogen-bond acceptors (Lipinski definition) is 6. The summed E-state index contributed by atoms with van der Waals surface area (Å²) in [5, 5.41) is 4.24. The second-order valence-electron chi connectivity index (χ2n) is 6.05. The van der Waals surface area contributed by atoms with Gasteiger partial charge in [0, 0.05) is 0 Å². The Balaban J connectivity index is 2.19. The Labute approximate surface area is 158 Å². The maximum absolute atomic E-state index is 13.0. The molecule has 6 nitrogen and oxygen atoms in total. The number of rotatable bonds is 6. The van der Waals surface area contributed by atoms with Gasteiger partial charge in [0.15, 0.2) is 5.71 Å². The van der Waals surface area contributed by atoms with E-state index in [-0.39, 0.29) is 18.9 Å². The first-order valence-electron chi connectivity index (χ1n) is 8.94. The molecule has 0 amide bonds. The van der Waals surface area contributed by atoms with Crippen LogP contribution in [0.15, 0.2) is 65.8 Å². The van der Waals surface area contributed by atoms with Crippen LogP contribution >= 0.6 is 0 Å². The van der Waals surface area contributed by atoms with Crippen LogP contribution in [0.1, 0.15) is 25.0 Å². The lowest BCUT2D eigenvalue weighted by molar-refractivity contribution is -0.148. The number of hydrazone groups is 1. The van der Waals surface area contributed by atoms with Crippen molar-refractivity contribution >= 4 is 17.7 Å². The third-order valence-corrected chi connectivity index (χ3v) is 4.52. The number of esters is 2. The van der Waals surface area contributed by atoms with Crippen molar-refractivity contribution in [3.63, 3.8) is 0 Å². The molecule has 0 saturated heterocycles. The van der Waals surface area contributed by atoms with Gasteiger partial charge >= 0.3 is 11.9 Å². The Morgan fingerprint density at radius 1 is 0.926 bits per heavy atom. The van der Waals surface area contributed by atoms with E-state index in [4.69, 9.17) is 9.47 Å². The van der Waals surface area contributed by atoms with Gasteiger partial charge in [0.1, 0.15) is 11.5 Å². The van der Waals surface area contributed by atoms with Gasteiger partial charge in [-0.3, -0.25) is 10.2 Å². The summed E-state index contributed by atoms with van der Waals surface area (Å²) >= 11 is 0. The molecule has 0 radical (unpaired) electrons. The second kappa shape index (κ2) is 8.03. The smallest absolute Gasteiger partial charge is 0.355 e. The van der Waals surface area contributed by atoms with E-state index in [9.17, 15) is 9.59 Å². The summed E-state index contributed by atoms with van der Waals surface area (Å²) < 4.78 is 10.4. The standard InChI is InChI=1S/C21H22N2O4/c1-3-26-19(24)17-18(20(25)27-4-2)22-23-21(17,15-11-7-5-8-12-15)16-13-9-6-10-14-16/h5-14,17,23H,3-4H2,1-2H3. The quantitative estimate of drug-likeness (QED) is 0.796. The zero-order valence-corrected chi connectivity index (χ0v) is 15.3. The van der Waals surface area contributed by atoms with Crippen molar-refractivity contribution in [2.75, 3.05) is 13.2 Å². The number of nitrogens with one attached hydrogen (secondary N) is 1. The summed E-state index contributed by atoms with van der Waals surface area (Å²) in [5.74, 6) is -2.12. The van der Waals surface area contributed by atoms with E-state index in [0.717, 1.165) is 11.1 Å². The zero-order valence-electron chi connectivity index (χ0n) is 15.3. The number of hydrogen-bond donors (Lipinski definition) is 1. The van der Waals surface area contributed by atoms with Gasteiger partial charge in [-0.15, -0.1) is 0 Å². The minimum absolute atomic E-state index is 0.0167. The van der Waals surface area contributed by atoms with Crippen LogP contribution in [0.25, 0.3) is 0 Å². The first-order chi connectivity index (χ1) is 13.1. The Hall–Kier alpha value is -3.15. The molecule has 1 N–H and O–H groups in total. The Kier molecular flexibility index (Phi) is 5.54. The predicted molar refractivity (Wildman–Crippen MR) is 101 cm³/mol. The molecule has 1 heterocycles. The second-order valence-corrected chi connectivity index (χ2v) is 6.05. The van der Waals surface area contributed by atoms with Crippen molar-refractivity contribution in [1.82, 2.24) is 5.43 Å². The van der Waals surface area contributed by atoms with Crippen molar-refractivity contribution < 1.29 is 19.1 Å². The molecule has 0 spiro atoms. The van der Waals surface area contributed by atoms with Crippen molar-refractivity contribution in [3.05, 3.63) is 71.8 Å². The van der Waals surface area contributed by atoms with Gasteiger partial charge < -0.3 is 9.47 Å². The van der Waals surface area contributed by atoms with Crippen molar-refractivity contribution in [2.24, 2.45) is 11.0 Å². The van der Waals surface area contributed by atoms with Crippen LogP contribution in [0.4, 0.5) is 0 Å². The highest BCUT2D eigenvalue weighted by molar-refractivity contribution is 6.41. The molecule has 3 rings (SSSR count). The molecular formula is C21H22N2O4. The molecule has 1 atom stereocenters. The van der Waals surface area contributed by atoms with Gasteiger partial charge in [-0.2, -0.15) is 5.10 Å². The molecule has 27 heavy (non-hydrogen) atoms. The maximum atomic E-state index is 13.0. The van der Waals surface area contributed by atoms with E-state index in [1.165, 1.54) is 0 Å². The van der Waals surface area contributed by atoms with Gasteiger partial charge in [0.05, 0.1) is 13.2 Å². The molecular weight excluding hydrogens is 344 g/mol. The van der Waals surface area contributed by atoms with Crippen LogP contribution in [0.3, 0.4) is 0 Å². The summed E-state index contributed by atoms with van der Waals surface area (Å²) in [7, 11) is 0. The van der Waals surface area contributed by atoms with E-state index in [0.29, 0.717) is 0 Å². The molecule has 6 heteroatoms. The minimum Gasteiger partial charge on any atom is -0.465 e. The summed E-state index contributed by atoms with van der Waals surface area (Å²) in [6.07, 6.45) is 0. The molecule has 2 aromatic carbocycles. The number of benzene rings is 2. The lowest BCUT2D eigenvalue weighted by Gasteiger charge is -2.35. The fourth-order valence-electron chi connectivity index (χ4n) is 3.40. The highest BCUT2D eigenvalue weighted by Gasteiger charge is 2.55. The van der Waals surface area contributed by atoms with Crippen molar-refractivity contribution in [2.45, 2.75) is 19.4 Å². The summed E-state index contributed by atoms with van der Waals surface area (Å²) in [4.78, 5) is 25.5. The number of carbonyl (C=O) groups excluding carboxylic acids is 2. The third kappa shape index (κ3) is 3.30. The molecule has 0 aromatic heterocycles. The van der Waals surface area contributed by atoms with Gasteiger partial charge in [0.25, 0.3) is 0 Å². The molecule has 140 valence electrons. The van der Waals surface area contributed by atoms with E-state index in [1.54, 1.807) is 13.8 Å². The van der Waals surface area contributed by atoms with E-state index < -0.39 is 23.4 Å². The lowest BCUT2D eigenvalue weighted by atomic mass is 9.72. The summed E-state index contributed by atoms with van der Waals surface area (Å²) in [6, 6.07) is 18.9. The van der Waals surface area contributed by atoms with E-state index >= 15 is 0 Å². The van der Waals surface area contributed by atoms with Crippen LogP contribution in [0.2, 0.25) is 0 Å². The van der Waals surface area contributed by atoms with Gasteiger partial charge in [-0.25, -0.2) is 4.79 Å². The lowest BCUT2D eigenvalue weighted by Crippen LogP contribution is -2.49. The molecule has 0 fully saturated rings. The van der Waals surface area contributed by atoms with Crippen LogP contribution < -0.4 is 5.43 Å². The molecule has 1 aliphatic heterocycles. The average molecular weight is 366 g/mol. The average Bonchev–Trinajstić information content (AvgIpc) is 3.11. The summed E-state index contributed by atoms with van der Waals surface area (Å²) in [6.45, 7) is 3.83. The Bertz CT molecular complexity index is 794. The number of carbonyl (C=O) groups is 2. The monoisotopic (exact) mass is 366 g/mol. The SMILES string of the molecule is CCOC(=O)C1=NNC(c2ccccc2)(c2ccccc2)C1C(=O)OCC. The van der Waals surface area contributed by atoms with Crippen molar-refractivity contribution in [3.8, 4) is 0 Å². The molecule has 1 aliphatic rings. The fourth-order valence-corrected chi connectivity index (χ4v) is 3.40. The molecule has 0 aliphatic carbocycles. The van der Waals surface area contributed by atoms with Crippen LogP contribution in [-0.2, 0) is 24.6 Å². The fraction of sp³-hybridized carbons (Fsp3) is 0.286. The largest absolute Gasteiger partial charge is 0.465 e. The Morgan fingerprint density at radius 2 is 1.44 bits per heavy atom. The van der Waals surface area contributed by atoms with Gasteiger partial charge in [0.2, 0.25) is 0 Å². The minimum atomic E-state index is -1.06. The van der Waals surface area contributed by atoms with Crippen LogP contribution in [0, 0.1) is 5.92 Å². The van der Waals surface area contributed by atoms with Gasteiger partial charge in [-0.05, 0) is 25.0 Å². The van der Waals surface area contributed by atoms with Crippen molar-refractivity contribution in [1.29, 1.82) is 0 Å². The van der Waals surface area contributed by atoms with Gasteiger partial charge in [-0.1, -0.05) is 60.7 Å². The first-order valence-corrected chi connectivity index (χ1v) is 8.94. The highest BCUT2D eigenvalue weighted by atomic mass is 16.5. The molecule has 0 bridgehead atoms. The van der Waals surface area contributed by atoms with Crippen LogP contribution in [-0.4, -0.2) is 30.9 Å². The number of nitrogens with zero attached hydrogens (tertiary/aromatic N) is 1. The number of ether oxygens (including phenoxy) is 2. The maximum Gasteiger partial charge on any atom is 0.355 e. The Morgan fingerprint density at radius 3 is 1.93 bits per heavy atom. The highest BCUT2D eigenvalue weighted by Crippen LogP contribution is 2.41. The molecule has 2 aromatic rings.